The highest BCUT2D eigenvalue weighted by Crippen LogP contribution is 2.33. The van der Waals surface area contributed by atoms with E-state index in [1.807, 2.05) is 0 Å². The number of ether oxygens (including phenoxy) is 1. The molecule has 4 heteroatoms. The van der Waals surface area contributed by atoms with Crippen LogP contribution in [0.1, 0.15) is 5.56 Å². The van der Waals surface area contributed by atoms with Gasteiger partial charge < -0.3 is 4.74 Å². The zero-order valence-corrected chi connectivity index (χ0v) is 10.0. The molecule has 0 radical (unpaired) electrons. The van der Waals surface area contributed by atoms with Crippen molar-refractivity contribution in [1.29, 1.82) is 0 Å². The van der Waals surface area contributed by atoms with Gasteiger partial charge in [-0.1, -0.05) is 18.2 Å². The van der Waals surface area contributed by atoms with Crippen molar-refractivity contribution in [2.24, 2.45) is 0 Å². The Labute approximate surface area is 104 Å². The van der Waals surface area contributed by atoms with Crippen LogP contribution in [0, 0.1) is 5.82 Å². The van der Waals surface area contributed by atoms with Crippen molar-refractivity contribution >= 4 is 11.6 Å². The van der Waals surface area contributed by atoms with Crippen molar-refractivity contribution in [2.75, 3.05) is 7.11 Å². The molecule has 0 saturated carbocycles. The maximum atomic E-state index is 13.8. The van der Waals surface area contributed by atoms with Crippen LogP contribution in [-0.2, 0) is 5.88 Å². The molecule has 0 aliphatic rings. The number of pyridine rings is 1. The zero-order chi connectivity index (χ0) is 12.3. The first-order chi connectivity index (χ1) is 8.27. The fraction of sp³-hybridized carbons (Fsp3) is 0.154. The summed E-state index contributed by atoms with van der Waals surface area (Å²) in [6, 6.07) is 8.26. The van der Waals surface area contributed by atoms with Crippen LogP contribution in [0.2, 0.25) is 0 Å². The molecule has 2 nitrogen and oxygen atoms in total. The molecule has 0 atom stereocenters. The number of methoxy groups -OCH3 is 1. The molecular formula is C13H11ClFNO. The van der Waals surface area contributed by atoms with Crippen LogP contribution in [0.15, 0.2) is 36.5 Å². The second-order valence-electron chi connectivity index (χ2n) is 3.47. The third-order valence-electron chi connectivity index (χ3n) is 2.48. The van der Waals surface area contributed by atoms with E-state index in [-0.39, 0.29) is 11.7 Å². The summed E-state index contributed by atoms with van der Waals surface area (Å²) >= 11 is 5.86. The Morgan fingerprint density at radius 1 is 1.29 bits per heavy atom. The SMILES string of the molecule is COc1nccc(CCl)c1-c1ccccc1F. The van der Waals surface area contributed by atoms with Crippen molar-refractivity contribution in [3.05, 3.63) is 47.9 Å². The van der Waals surface area contributed by atoms with E-state index in [1.54, 1.807) is 30.5 Å². The molecule has 2 aromatic rings. The van der Waals surface area contributed by atoms with Crippen molar-refractivity contribution < 1.29 is 9.13 Å². The maximum Gasteiger partial charge on any atom is 0.221 e. The monoisotopic (exact) mass is 251 g/mol. The second-order valence-corrected chi connectivity index (χ2v) is 3.74. The summed E-state index contributed by atoms with van der Waals surface area (Å²) in [4.78, 5) is 4.08. The standard InChI is InChI=1S/C13H11ClFNO/c1-17-13-12(9(8-14)6-7-16-13)10-4-2-3-5-11(10)15/h2-7H,8H2,1H3. The van der Waals surface area contributed by atoms with Crippen LogP contribution in [0.25, 0.3) is 11.1 Å². The lowest BCUT2D eigenvalue weighted by Gasteiger charge is -2.11. The molecule has 1 aromatic heterocycles. The molecule has 0 unspecified atom stereocenters. The molecule has 2 rings (SSSR count). The molecule has 0 N–H and O–H groups in total. The van der Waals surface area contributed by atoms with E-state index in [0.29, 0.717) is 17.0 Å². The lowest BCUT2D eigenvalue weighted by molar-refractivity contribution is 0.399. The summed E-state index contributed by atoms with van der Waals surface area (Å²) in [6.45, 7) is 0. The average molecular weight is 252 g/mol. The number of halogens is 2. The number of hydrogen-bond donors (Lipinski definition) is 0. The molecule has 17 heavy (non-hydrogen) atoms. The highest BCUT2D eigenvalue weighted by molar-refractivity contribution is 6.17. The van der Waals surface area contributed by atoms with Crippen molar-refractivity contribution in [3.8, 4) is 17.0 Å². The summed E-state index contributed by atoms with van der Waals surface area (Å²) in [5, 5.41) is 0. The topological polar surface area (TPSA) is 22.1 Å². The summed E-state index contributed by atoms with van der Waals surface area (Å²) in [7, 11) is 1.50. The van der Waals surface area contributed by atoms with Crippen LogP contribution in [0.5, 0.6) is 5.88 Å². The molecule has 0 bridgehead atoms. The molecule has 0 aliphatic heterocycles. The van der Waals surface area contributed by atoms with E-state index in [0.717, 1.165) is 5.56 Å². The number of hydrogen-bond acceptors (Lipinski definition) is 2. The molecule has 88 valence electrons. The van der Waals surface area contributed by atoms with E-state index in [9.17, 15) is 4.39 Å². The van der Waals surface area contributed by atoms with Gasteiger partial charge in [-0.3, -0.25) is 0 Å². The van der Waals surface area contributed by atoms with Crippen molar-refractivity contribution in [1.82, 2.24) is 4.98 Å². The van der Waals surface area contributed by atoms with Crippen LogP contribution in [0.3, 0.4) is 0 Å². The van der Waals surface area contributed by atoms with Gasteiger partial charge in [0, 0.05) is 17.6 Å². The minimum absolute atomic E-state index is 0.280. The molecule has 1 heterocycles. The Hall–Kier alpha value is -1.61. The molecule has 0 spiro atoms. The lowest BCUT2D eigenvalue weighted by atomic mass is 10.0. The quantitative estimate of drug-likeness (QED) is 0.777. The zero-order valence-electron chi connectivity index (χ0n) is 9.28. The number of aromatic nitrogens is 1. The first-order valence-corrected chi connectivity index (χ1v) is 5.64. The molecule has 0 aliphatic carbocycles. The Bertz CT molecular complexity index is 508. The minimum atomic E-state index is -0.315. The predicted octanol–water partition coefficient (Wildman–Crippen LogP) is 3.64. The summed E-state index contributed by atoms with van der Waals surface area (Å²) < 4.78 is 18.9. The highest BCUT2D eigenvalue weighted by Gasteiger charge is 2.15. The molecule has 0 fully saturated rings. The molecular weight excluding hydrogens is 241 g/mol. The Balaban J connectivity index is 2.69. The third kappa shape index (κ3) is 2.24. The molecule has 1 aromatic carbocycles. The van der Waals surface area contributed by atoms with Gasteiger partial charge in [-0.25, -0.2) is 9.37 Å². The van der Waals surface area contributed by atoms with Gasteiger partial charge in [0.25, 0.3) is 0 Å². The van der Waals surface area contributed by atoms with Crippen LogP contribution < -0.4 is 4.74 Å². The van der Waals surface area contributed by atoms with Crippen molar-refractivity contribution in [3.63, 3.8) is 0 Å². The minimum Gasteiger partial charge on any atom is -0.481 e. The number of rotatable bonds is 3. The van der Waals surface area contributed by atoms with E-state index in [1.165, 1.54) is 13.2 Å². The predicted molar refractivity (Wildman–Crippen MR) is 65.7 cm³/mol. The Morgan fingerprint density at radius 2 is 2.06 bits per heavy atom. The van der Waals surface area contributed by atoms with Gasteiger partial charge in [-0.05, 0) is 17.7 Å². The van der Waals surface area contributed by atoms with E-state index in [2.05, 4.69) is 4.98 Å². The number of alkyl halides is 1. The first kappa shape index (κ1) is 11.9. The van der Waals surface area contributed by atoms with Gasteiger partial charge in [0.15, 0.2) is 0 Å². The second kappa shape index (κ2) is 5.15. The van der Waals surface area contributed by atoms with Gasteiger partial charge in [-0.15, -0.1) is 11.6 Å². The Morgan fingerprint density at radius 3 is 2.71 bits per heavy atom. The third-order valence-corrected chi connectivity index (χ3v) is 2.77. The normalized spacial score (nSPS) is 10.3. The molecule has 0 saturated heterocycles. The van der Waals surface area contributed by atoms with Gasteiger partial charge in [0.2, 0.25) is 5.88 Å². The van der Waals surface area contributed by atoms with Gasteiger partial charge >= 0.3 is 0 Å². The largest absolute Gasteiger partial charge is 0.481 e. The fourth-order valence-electron chi connectivity index (χ4n) is 1.70. The maximum absolute atomic E-state index is 13.8. The number of nitrogens with zero attached hydrogens (tertiary/aromatic N) is 1. The van der Waals surface area contributed by atoms with Gasteiger partial charge in [0.1, 0.15) is 5.82 Å². The summed E-state index contributed by atoms with van der Waals surface area (Å²) in [5.74, 6) is 0.348. The smallest absolute Gasteiger partial charge is 0.221 e. The van der Waals surface area contributed by atoms with Crippen LogP contribution in [-0.4, -0.2) is 12.1 Å². The van der Waals surface area contributed by atoms with Gasteiger partial charge in [-0.2, -0.15) is 0 Å². The van der Waals surface area contributed by atoms with Crippen LogP contribution >= 0.6 is 11.6 Å². The summed E-state index contributed by atoms with van der Waals surface area (Å²) in [5.41, 5.74) is 1.86. The highest BCUT2D eigenvalue weighted by atomic mass is 35.5. The molecule has 0 amide bonds. The van der Waals surface area contributed by atoms with Crippen molar-refractivity contribution in [2.45, 2.75) is 5.88 Å². The van der Waals surface area contributed by atoms with E-state index in [4.69, 9.17) is 16.3 Å². The first-order valence-electron chi connectivity index (χ1n) is 5.10. The lowest BCUT2D eigenvalue weighted by Crippen LogP contribution is -1.97. The van der Waals surface area contributed by atoms with E-state index >= 15 is 0 Å². The fourth-order valence-corrected chi connectivity index (χ4v) is 1.92. The van der Waals surface area contributed by atoms with E-state index < -0.39 is 0 Å². The summed E-state index contributed by atoms with van der Waals surface area (Å²) in [6.07, 6.45) is 1.60. The van der Waals surface area contributed by atoms with Gasteiger partial charge in [0.05, 0.1) is 12.7 Å². The van der Waals surface area contributed by atoms with Crippen LogP contribution in [0.4, 0.5) is 4.39 Å². The average Bonchev–Trinajstić information content (AvgIpc) is 2.38. The number of benzene rings is 1. The Kier molecular flexibility index (Phi) is 3.59.